The zero-order valence-electron chi connectivity index (χ0n) is 10.2. The average molecular weight is 239 g/mol. The lowest BCUT2D eigenvalue weighted by Gasteiger charge is -2.11. The van der Waals surface area contributed by atoms with Gasteiger partial charge in [0, 0.05) is 5.88 Å². The van der Waals surface area contributed by atoms with E-state index in [0.29, 0.717) is 18.4 Å². The highest BCUT2D eigenvalue weighted by molar-refractivity contribution is 6.18. The van der Waals surface area contributed by atoms with Crippen molar-refractivity contribution in [1.82, 2.24) is 0 Å². The van der Waals surface area contributed by atoms with Crippen LogP contribution in [0.4, 0.5) is 0 Å². The highest BCUT2D eigenvalue weighted by Crippen LogP contribution is 2.23. The van der Waals surface area contributed by atoms with Crippen LogP contribution in [0.15, 0.2) is 30.4 Å². The minimum absolute atomic E-state index is 0.536. The molecule has 0 saturated carbocycles. The van der Waals surface area contributed by atoms with Crippen LogP contribution < -0.4 is 4.74 Å². The first kappa shape index (κ1) is 13.1. The van der Waals surface area contributed by atoms with E-state index in [-0.39, 0.29) is 0 Å². The maximum atomic E-state index is 5.58. The molecule has 0 aliphatic heterocycles. The summed E-state index contributed by atoms with van der Waals surface area (Å²) in [6.45, 7) is 7.10. The van der Waals surface area contributed by atoms with Gasteiger partial charge in [-0.1, -0.05) is 32.1 Å². The van der Waals surface area contributed by atoms with Crippen LogP contribution in [-0.4, -0.2) is 12.5 Å². The lowest BCUT2D eigenvalue weighted by Crippen LogP contribution is -1.96. The first-order valence-electron chi connectivity index (χ1n) is 5.59. The number of alkyl halides is 1. The number of rotatable bonds is 5. The van der Waals surface area contributed by atoms with Gasteiger partial charge in [-0.2, -0.15) is 0 Å². The van der Waals surface area contributed by atoms with E-state index in [1.54, 1.807) is 0 Å². The molecule has 1 aromatic rings. The summed E-state index contributed by atoms with van der Waals surface area (Å²) in [5.74, 6) is 2.01. The molecule has 88 valence electrons. The van der Waals surface area contributed by atoms with Gasteiger partial charge in [-0.15, -0.1) is 11.6 Å². The first-order chi connectivity index (χ1) is 7.65. The molecule has 1 rings (SSSR count). The van der Waals surface area contributed by atoms with Crippen molar-refractivity contribution >= 4 is 11.6 Å². The topological polar surface area (TPSA) is 9.23 Å². The molecular weight excluding hydrogens is 220 g/mol. The molecule has 16 heavy (non-hydrogen) atoms. The molecular formula is C14H19ClO. The second kappa shape index (κ2) is 6.59. The Morgan fingerprint density at radius 3 is 2.62 bits per heavy atom. The van der Waals surface area contributed by atoms with Gasteiger partial charge >= 0.3 is 0 Å². The Morgan fingerprint density at radius 1 is 1.31 bits per heavy atom. The van der Waals surface area contributed by atoms with Gasteiger partial charge in [-0.25, -0.2) is 0 Å². The van der Waals surface area contributed by atoms with Crippen molar-refractivity contribution in [3.05, 3.63) is 41.5 Å². The zero-order chi connectivity index (χ0) is 12.0. The molecule has 2 heteroatoms. The summed E-state index contributed by atoms with van der Waals surface area (Å²) in [7, 11) is 0. The molecule has 0 unspecified atom stereocenters. The lowest BCUT2D eigenvalue weighted by atomic mass is 9.98. The molecule has 0 atom stereocenters. The van der Waals surface area contributed by atoms with Crippen molar-refractivity contribution in [3.8, 4) is 5.75 Å². The molecule has 0 radical (unpaired) electrons. The molecule has 0 fully saturated rings. The minimum atomic E-state index is 0.536. The molecule has 0 spiro atoms. The van der Waals surface area contributed by atoms with Crippen molar-refractivity contribution in [2.24, 2.45) is 0 Å². The number of allylic oxidation sites excluding steroid dienone is 1. The Labute approximate surface area is 103 Å². The number of ether oxygens (including phenoxy) is 1. The van der Waals surface area contributed by atoms with Crippen LogP contribution in [-0.2, 0) is 0 Å². The van der Waals surface area contributed by atoms with Gasteiger partial charge in [-0.05, 0) is 36.1 Å². The number of aryl methyl sites for hydroxylation is 1. The smallest absolute Gasteiger partial charge is 0.120 e. The summed E-state index contributed by atoms with van der Waals surface area (Å²) in [5, 5.41) is 0. The predicted octanol–water partition coefficient (Wildman–Crippen LogP) is 4.29. The second-order valence-corrected chi connectivity index (χ2v) is 4.42. The van der Waals surface area contributed by atoms with E-state index in [1.165, 1.54) is 11.1 Å². The highest BCUT2D eigenvalue weighted by Gasteiger charge is 2.03. The van der Waals surface area contributed by atoms with Gasteiger partial charge in [0.1, 0.15) is 12.4 Å². The van der Waals surface area contributed by atoms with E-state index in [2.05, 4.69) is 32.9 Å². The van der Waals surface area contributed by atoms with Crippen LogP contribution in [0, 0.1) is 6.92 Å². The fourth-order valence-electron chi connectivity index (χ4n) is 1.66. The van der Waals surface area contributed by atoms with Crippen LogP contribution in [0.3, 0.4) is 0 Å². The minimum Gasteiger partial charge on any atom is -0.490 e. The normalized spacial score (nSPS) is 11.3. The van der Waals surface area contributed by atoms with E-state index in [9.17, 15) is 0 Å². The van der Waals surface area contributed by atoms with Gasteiger partial charge in [0.15, 0.2) is 0 Å². The number of benzene rings is 1. The van der Waals surface area contributed by atoms with E-state index >= 15 is 0 Å². The average Bonchev–Trinajstić information content (AvgIpc) is 2.24. The van der Waals surface area contributed by atoms with Crippen LogP contribution in [0.1, 0.15) is 30.9 Å². The van der Waals surface area contributed by atoms with Crippen molar-refractivity contribution in [2.75, 3.05) is 12.5 Å². The predicted molar refractivity (Wildman–Crippen MR) is 70.6 cm³/mol. The molecule has 0 aromatic heterocycles. The van der Waals surface area contributed by atoms with Crippen LogP contribution in [0.2, 0.25) is 0 Å². The van der Waals surface area contributed by atoms with E-state index in [0.717, 1.165) is 5.75 Å². The van der Waals surface area contributed by atoms with Gasteiger partial charge in [0.25, 0.3) is 0 Å². The van der Waals surface area contributed by atoms with Crippen LogP contribution in [0.25, 0.3) is 0 Å². The third kappa shape index (κ3) is 3.90. The number of hydrogen-bond acceptors (Lipinski definition) is 1. The fourth-order valence-corrected chi connectivity index (χ4v) is 1.79. The first-order valence-corrected chi connectivity index (χ1v) is 6.13. The molecule has 0 aliphatic carbocycles. The Bertz CT molecular complexity index is 356. The Morgan fingerprint density at radius 2 is 2.06 bits per heavy atom. The van der Waals surface area contributed by atoms with Crippen molar-refractivity contribution in [3.63, 3.8) is 0 Å². The van der Waals surface area contributed by atoms with Crippen molar-refractivity contribution in [2.45, 2.75) is 26.7 Å². The summed E-state index contributed by atoms with van der Waals surface area (Å²) in [5.41, 5.74) is 2.66. The third-order valence-electron chi connectivity index (χ3n) is 2.47. The third-order valence-corrected chi connectivity index (χ3v) is 2.64. The van der Waals surface area contributed by atoms with Crippen LogP contribution in [0.5, 0.6) is 5.75 Å². The van der Waals surface area contributed by atoms with Gasteiger partial charge in [0.2, 0.25) is 0 Å². The fraction of sp³-hybridized carbons (Fsp3) is 0.429. The summed E-state index contributed by atoms with van der Waals surface area (Å²) in [4.78, 5) is 0. The molecule has 1 nitrogen and oxygen atoms in total. The summed E-state index contributed by atoms with van der Waals surface area (Å²) < 4.78 is 5.58. The maximum Gasteiger partial charge on any atom is 0.120 e. The van der Waals surface area contributed by atoms with Crippen molar-refractivity contribution in [1.29, 1.82) is 0 Å². The lowest BCUT2D eigenvalue weighted by molar-refractivity contribution is 0.362. The monoisotopic (exact) mass is 238 g/mol. The Hall–Kier alpha value is -0.950. The Balaban J connectivity index is 2.63. The second-order valence-electron chi connectivity index (χ2n) is 4.11. The van der Waals surface area contributed by atoms with E-state index in [1.807, 2.05) is 18.2 Å². The van der Waals surface area contributed by atoms with Gasteiger partial charge < -0.3 is 4.74 Å². The number of hydrogen-bond donors (Lipinski definition) is 0. The number of halogens is 1. The SMILES string of the molecule is Cc1cc(OCC=CCCl)ccc1C(C)C. The highest BCUT2D eigenvalue weighted by atomic mass is 35.5. The molecule has 0 aliphatic rings. The maximum absolute atomic E-state index is 5.58. The van der Waals surface area contributed by atoms with E-state index < -0.39 is 0 Å². The van der Waals surface area contributed by atoms with Crippen LogP contribution >= 0.6 is 11.6 Å². The molecule has 0 N–H and O–H groups in total. The van der Waals surface area contributed by atoms with Gasteiger partial charge in [-0.3, -0.25) is 0 Å². The summed E-state index contributed by atoms with van der Waals surface area (Å²) in [6.07, 6.45) is 3.82. The zero-order valence-corrected chi connectivity index (χ0v) is 10.9. The molecule has 0 amide bonds. The molecule has 0 saturated heterocycles. The van der Waals surface area contributed by atoms with E-state index in [4.69, 9.17) is 16.3 Å². The quantitative estimate of drug-likeness (QED) is 0.549. The molecule has 1 aromatic carbocycles. The van der Waals surface area contributed by atoms with Crippen molar-refractivity contribution < 1.29 is 4.74 Å². The summed E-state index contributed by atoms with van der Waals surface area (Å²) >= 11 is 5.52. The summed E-state index contributed by atoms with van der Waals surface area (Å²) in [6, 6.07) is 6.25. The Kier molecular flexibility index (Phi) is 5.41. The molecule has 0 heterocycles. The largest absolute Gasteiger partial charge is 0.490 e. The molecule has 0 bridgehead atoms. The standard InChI is InChI=1S/C14H19ClO/c1-11(2)14-7-6-13(10-12(14)3)16-9-5-4-8-15/h4-7,10-11H,8-9H2,1-3H3. The van der Waals surface area contributed by atoms with Gasteiger partial charge in [0.05, 0.1) is 0 Å².